The molecule has 3 unspecified atom stereocenters. The number of azide groups is 1. The van der Waals surface area contributed by atoms with E-state index in [1.54, 1.807) is 0 Å². The number of hydrogen-bond donors (Lipinski definition) is 13. The van der Waals surface area contributed by atoms with E-state index < -0.39 is 165 Å². The van der Waals surface area contributed by atoms with Crippen LogP contribution in [-0.2, 0) is 44.8 Å². The lowest BCUT2D eigenvalue weighted by Crippen LogP contribution is -2.64. The number of phenolic OH excluding ortho intramolecular Hbond substituents is 1. The number of unbranched alkanes of at least 4 members (excludes halogenated alkanes) is 5. The topological polar surface area (TPSA) is 420 Å². The molecule has 14 N–H and O–H groups in total. The third kappa shape index (κ3) is 18.3. The number of nitrogens with zero attached hydrogens (tertiary/aromatic N) is 5. The van der Waals surface area contributed by atoms with Crippen molar-refractivity contribution in [2.45, 2.75) is 197 Å². The molecule has 3 saturated heterocycles. The van der Waals surface area contributed by atoms with Gasteiger partial charge in [-0.05, 0) is 61.2 Å². The Kier molecular flexibility index (Phi) is 24.6. The van der Waals surface area contributed by atoms with Crippen LogP contribution in [0.5, 0.6) is 5.75 Å². The Morgan fingerprint density at radius 1 is 0.816 bits per heavy atom. The number of rotatable bonds is 21. The second-order valence-electron chi connectivity index (χ2n) is 20.7. The van der Waals surface area contributed by atoms with E-state index in [1.807, 2.05) is 0 Å². The van der Waals surface area contributed by atoms with Gasteiger partial charge >= 0.3 is 0 Å². The maximum Gasteiger partial charge on any atom is 0.248 e. The number of hydrogen-bond acceptors (Lipinski definition) is 16. The fraction of sp³-hybridized carbons (Fsp3) is 0.720. The largest absolute Gasteiger partial charge is 0.507 e. The lowest BCUT2D eigenvalue weighted by molar-refractivity contribution is -0.147. The van der Waals surface area contributed by atoms with Gasteiger partial charge < -0.3 is 77.9 Å². The third-order valence-electron chi connectivity index (χ3n) is 14.3. The highest BCUT2D eigenvalue weighted by Gasteiger charge is 2.48. The van der Waals surface area contributed by atoms with Gasteiger partial charge in [0.15, 0.2) is 0 Å². The maximum absolute atomic E-state index is 14.4. The average molecular weight is 1070 g/mol. The highest BCUT2D eigenvalue weighted by molar-refractivity contribution is 5.98. The summed E-state index contributed by atoms with van der Waals surface area (Å²) in [6, 6.07) is -7.59. The summed E-state index contributed by atoms with van der Waals surface area (Å²) in [4.78, 5) is 115. The number of β-amino-alcohol motifs (C(OH)–C–C–N with tert-alkyl or cyclic N) is 1. The van der Waals surface area contributed by atoms with E-state index >= 15 is 0 Å². The van der Waals surface area contributed by atoms with Gasteiger partial charge in [0.05, 0.1) is 48.7 Å². The number of nitrogens with one attached hydrogen (secondary N) is 5. The Labute approximate surface area is 441 Å². The number of carbonyl (C=O) groups is 8. The van der Waals surface area contributed by atoms with Crippen LogP contribution in [0.4, 0.5) is 5.69 Å². The Bertz CT molecular complexity index is 2230. The zero-order valence-electron chi connectivity index (χ0n) is 43.8. The van der Waals surface area contributed by atoms with Crippen LogP contribution in [0.2, 0.25) is 0 Å². The number of fused-ring (bicyclic) bond motifs is 2. The van der Waals surface area contributed by atoms with Crippen molar-refractivity contribution in [1.82, 2.24) is 36.4 Å². The van der Waals surface area contributed by atoms with Crippen molar-refractivity contribution in [1.29, 1.82) is 0 Å². The zero-order valence-corrected chi connectivity index (χ0v) is 43.8. The highest BCUT2D eigenvalue weighted by Crippen LogP contribution is 2.29. The lowest BCUT2D eigenvalue weighted by atomic mass is 9.91. The van der Waals surface area contributed by atoms with Crippen molar-refractivity contribution in [3.8, 4) is 5.75 Å². The summed E-state index contributed by atoms with van der Waals surface area (Å²) in [5.41, 5.74) is 14.2. The first kappa shape index (κ1) is 62.4. The average Bonchev–Trinajstić information content (AvgIpc) is 3.95. The number of primary amides is 1. The van der Waals surface area contributed by atoms with Gasteiger partial charge in [-0.15, -0.1) is 0 Å². The van der Waals surface area contributed by atoms with Gasteiger partial charge in [-0.2, -0.15) is 0 Å². The summed E-state index contributed by atoms with van der Waals surface area (Å²) >= 11 is 0. The minimum atomic E-state index is -2.16. The fourth-order valence-corrected chi connectivity index (χ4v) is 9.94. The van der Waals surface area contributed by atoms with Crippen LogP contribution in [0.3, 0.4) is 0 Å². The van der Waals surface area contributed by atoms with Crippen LogP contribution >= 0.6 is 0 Å². The molecule has 3 aliphatic heterocycles. The Hall–Kier alpha value is -6.15. The monoisotopic (exact) mass is 1070 g/mol. The van der Waals surface area contributed by atoms with Crippen LogP contribution in [-0.4, -0.2) is 185 Å². The molecule has 3 aliphatic rings. The number of phenols is 1. The number of aromatic hydroxyl groups is 1. The first-order valence-electron chi connectivity index (χ1n) is 26.3. The summed E-state index contributed by atoms with van der Waals surface area (Å²) in [6.07, 6.45) is -4.44. The molecule has 14 atom stereocenters. The standard InChI is InChI=1S/C50H79N11O15/c1-5-26(2)18-27(3)12-10-8-6-7-9-11-13-40(70)54-33-21-30(63)24-53-48(74)44-36(66)16-17-60(44)50(76)43(38(68)23-39(51)69)57-47(73)42(37(67)20-29-14-15-35(65)32(19-29)58-59-52)56-46(72)34-22-31(64)25-61(34)49(75)41(28(4)62)55-45(33)71/h14-15,19,26-28,30-31,33-34,36-38,41-44,62-68H,5-13,16-18,20-25H2,1-4H3,(H2,51,69)(H,53,74)(H,54,70)(H,55,71)(H,56,72)(H,57,73)/t26?,27?,28-,30+,31+,33?,34-,36-,37+,38-,41-,42-,43-,44-/m0/s1. The molecule has 0 aliphatic carbocycles. The molecule has 3 fully saturated rings. The summed E-state index contributed by atoms with van der Waals surface area (Å²) in [6.45, 7) is 6.35. The number of benzene rings is 1. The van der Waals surface area contributed by atoms with Crippen LogP contribution in [0.15, 0.2) is 23.3 Å². The normalized spacial score (nSPS) is 27.2. The zero-order chi connectivity index (χ0) is 56.4. The molecular formula is C50H79N11O15. The fourth-order valence-electron chi connectivity index (χ4n) is 9.94. The highest BCUT2D eigenvalue weighted by atomic mass is 16.3. The SMILES string of the molecule is CCC(C)CC(C)CCCCCCCCC(=O)NC1C[C@@H](O)CNC(=O)[C@@H]2[C@@H](O)CCN2C(=O)[C@H]([C@@H](O)CC(N)=O)NC(=O)[C@H]([C@H](O)Cc2ccc(O)c(N=[N+]=[N-])c2)NC(=O)[C@@H]2C[C@@H](O)CN2C(=O)[C@H]([C@H](C)O)NC1=O. The van der Waals surface area contributed by atoms with E-state index in [0.29, 0.717) is 18.3 Å². The van der Waals surface area contributed by atoms with Crippen molar-refractivity contribution in [3.05, 3.63) is 34.2 Å². The molecule has 76 heavy (non-hydrogen) atoms. The smallest absolute Gasteiger partial charge is 0.248 e. The van der Waals surface area contributed by atoms with Crippen molar-refractivity contribution in [2.24, 2.45) is 22.7 Å². The van der Waals surface area contributed by atoms with Crippen molar-refractivity contribution < 1.29 is 74.1 Å². The van der Waals surface area contributed by atoms with Gasteiger partial charge in [0.25, 0.3) is 0 Å². The molecule has 1 aromatic carbocycles. The maximum atomic E-state index is 14.4. The van der Waals surface area contributed by atoms with Crippen LogP contribution < -0.4 is 32.3 Å². The second kappa shape index (κ2) is 30.0. The van der Waals surface area contributed by atoms with Gasteiger partial charge in [-0.3, -0.25) is 38.4 Å². The summed E-state index contributed by atoms with van der Waals surface area (Å²) in [5.74, 6) is -7.86. The minimum absolute atomic E-state index is 0.0128. The van der Waals surface area contributed by atoms with Crippen LogP contribution in [0, 0.1) is 11.8 Å². The van der Waals surface area contributed by atoms with Crippen molar-refractivity contribution >= 4 is 52.9 Å². The van der Waals surface area contributed by atoms with E-state index in [2.05, 4.69) is 57.4 Å². The predicted molar refractivity (Wildman–Crippen MR) is 272 cm³/mol. The Morgan fingerprint density at radius 2 is 1.46 bits per heavy atom. The molecule has 0 spiro atoms. The van der Waals surface area contributed by atoms with Crippen LogP contribution in [0.25, 0.3) is 10.4 Å². The molecule has 26 nitrogen and oxygen atoms in total. The lowest BCUT2D eigenvalue weighted by Gasteiger charge is -2.33. The van der Waals surface area contributed by atoms with Crippen molar-refractivity contribution in [3.63, 3.8) is 0 Å². The molecule has 0 aromatic heterocycles. The van der Waals surface area contributed by atoms with Gasteiger partial charge in [-0.25, -0.2) is 0 Å². The number of nitrogens with two attached hydrogens (primary N) is 1. The van der Waals surface area contributed by atoms with E-state index in [0.717, 1.165) is 73.8 Å². The Balaban J connectivity index is 1.68. The minimum Gasteiger partial charge on any atom is -0.507 e. The van der Waals surface area contributed by atoms with E-state index in [9.17, 15) is 74.1 Å². The molecule has 0 bridgehead atoms. The van der Waals surface area contributed by atoms with Crippen LogP contribution in [0.1, 0.15) is 123 Å². The molecule has 4 rings (SSSR count). The second-order valence-corrected chi connectivity index (χ2v) is 20.7. The van der Waals surface area contributed by atoms with E-state index in [-0.39, 0.29) is 30.6 Å². The molecule has 0 radical (unpaired) electrons. The van der Waals surface area contributed by atoms with Gasteiger partial charge in [0.1, 0.15) is 42.0 Å². The molecule has 26 heteroatoms. The van der Waals surface area contributed by atoms with E-state index in [1.165, 1.54) is 12.5 Å². The molecule has 3 heterocycles. The molecule has 1 aromatic rings. The van der Waals surface area contributed by atoms with Gasteiger partial charge in [0.2, 0.25) is 47.3 Å². The number of aliphatic hydroxyl groups is 6. The number of amides is 8. The summed E-state index contributed by atoms with van der Waals surface area (Å²) < 4.78 is 0. The first-order chi connectivity index (χ1) is 35.9. The van der Waals surface area contributed by atoms with Crippen molar-refractivity contribution in [2.75, 3.05) is 19.6 Å². The van der Waals surface area contributed by atoms with Gasteiger partial charge in [0, 0.05) is 50.2 Å². The van der Waals surface area contributed by atoms with E-state index in [4.69, 9.17) is 11.3 Å². The third-order valence-corrected chi connectivity index (χ3v) is 14.3. The molecule has 424 valence electrons. The quantitative estimate of drug-likeness (QED) is 0.0297. The summed E-state index contributed by atoms with van der Waals surface area (Å²) in [7, 11) is 0. The predicted octanol–water partition coefficient (Wildman–Crippen LogP) is -1.21. The molecular weight excluding hydrogens is 995 g/mol. The number of aliphatic hydroxyl groups excluding tert-OH is 6. The molecule has 8 amide bonds. The summed E-state index contributed by atoms with van der Waals surface area (Å²) in [5, 5.41) is 92.6. The molecule has 0 saturated carbocycles. The number of carbonyl (C=O) groups excluding carboxylic acids is 8. The first-order valence-corrected chi connectivity index (χ1v) is 26.3. The van der Waals surface area contributed by atoms with Gasteiger partial charge in [-0.1, -0.05) is 76.9 Å². The Morgan fingerprint density at radius 3 is 2.12 bits per heavy atom.